The van der Waals surface area contributed by atoms with Gasteiger partial charge in [0, 0.05) is 37.0 Å². The van der Waals surface area contributed by atoms with Gasteiger partial charge in [0.2, 0.25) is 0 Å². The molecule has 0 atom stereocenters. The van der Waals surface area contributed by atoms with Crippen LogP contribution in [0.4, 0.5) is 5.82 Å². The average Bonchev–Trinajstić information content (AvgIpc) is 2.50. The number of benzene rings is 1. The summed E-state index contributed by atoms with van der Waals surface area (Å²) in [6.07, 6.45) is 1.82. The molecule has 1 aromatic carbocycles. The van der Waals surface area contributed by atoms with Gasteiger partial charge < -0.3 is 10.1 Å². The van der Waals surface area contributed by atoms with Crippen LogP contribution in [0.15, 0.2) is 42.6 Å². The van der Waals surface area contributed by atoms with Gasteiger partial charge in [0.1, 0.15) is 11.6 Å². The highest BCUT2D eigenvalue weighted by Crippen LogP contribution is 2.20. The van der Waals surface area contributed by atoms with E-state index in [4.69, 9.17) is 4.74 Å². The van der Waals surface area contributed by atoms with Gasteiger partial charge in [0.15, 0.2) is 0 Å². The molecule has 0 fully saturated rings. The molecule has 0 amide bonds. The second-order valence-electron chi connectivity index (χ2n) is 5.03. The van der Waals surface area contributed by atoms with Crippen molar-refractivity contribution in [2.75, 3.05) is 26.0 Å². The number of para-hydroxylation sites is 1. The summed E-state index contributed by atoms with van der Waals surface area (Å²) in [4.78, 5) is 6.66. The number of anilines is 1. The van der Waals surface area contributed by atoms with E-state index in [2.05, 4.69) is 41.3 Å². The Morgan fingerprint density at radius 1 is 1.10 bits per heavy atom. The number of hydrogen-bond acceptors (Lipinski definition) is 4. The average molecular weight is 285 g/mol. The molecular formula is C17H23N3O. The minimum atomic E-state index is 0.838. The van der Waals surface area contributed by atoms with Gasteiger partial charge in [0.25, 0.3) is 0 Å². The SMILES string of the molecule is CCNc1ncccc1CN(C)Cc1ccccc1OC. The molecule has 1 heterocycles. The molecule has 1 aromatic heterocycles. The maximum atomic E-state index is 5.41. The van der Waals surface area contributed by atoms with Crippen LogP contribution in [0.2, 0.25) is 0 Å². The quantitative estimate of drug-likeness (QED) is 0.848. The van der Waals surface area contributed by atoms with Gasteiger partial charge in [-0.2, -0.15) is 0 Å². The smallest absolute Gasteiger partial charge is 0.130 e. The van der Waals surface area contributed by atoms with Gasteiger partial charge >= 0.3 is 0 Å². The first-order valence-electron chi connectivity index (χ1n) is 7.22. The maximum absolute atomic E-state index is 5.41. The summed E-state index contributed by atoms with van der Waals surface area (Å²) in [5.41, 5.74) is 2.40. The summed E-state index contributed by atoms with van der Waals surface area (Å²) in [6.45, 7) is 4.63. The van der Waals surface area contributed by atoms with E-state index in [1.165, 1.54) is 11.1 Å². The van der Waals surface area contributed by atoms with Crippen LogP contribution in [0.3, 0.4) is 0 Å². The lowest BCUT2D eigenvalue weighted by Gasteiger charge is -2.20. The Balaban J connectivity index is 2.06. The summed E-state index contributed by atoms with van der Waals surface area (Å²) in [7, 11) is 3.82. The first-order chi connectivity index (χ1) is 10.2. The third-order valence-electron chi connectivity index (χ3n) is 3.31. The van der Waals surface area contributed by atoms with Gasteiger partial charge in [-0.15, -0.1) is 0 Å². The van der Waals surface area contributed by atoms with E-state index >= 15 is 0 Å². The van der Waals surface area contributed by atoms with E-state index in [9.17, 15) is 0 Å². The van der Waals surface area contributed by atoms with Crippen molar-refractivity contribution in [1.82, 2.24) is 9.88 Å². The molecule has 21 heavy (non-hydrogen) atoms. The van der Waals surface area contributed by atoms with Crippen molar-refractivity contribution in [3.8, 4) is 5.75 Å². The van der Waals surface area contributed by atoms with Crippen molar-refractivity contribution in [3.05, 3.63) is 53.7 Å². The van der Waals surface area contributed by atoms with Crippen LogP contribution in [0.1, 0.15) is 18.1 Å². The van der Waals surface area contributed by atoms with E-state index in [1.54, 1.807) is 7.11 Å². The lowest BCUT2D eigenvalue weighted by Crippen LogP contribution is -2.19. The monoisotopic (exact) mass is 285 g/mol. The molecule has 0 saturated heterocycles. The number of rotatable bonds is 7. The standard InChI is InChI=1S/C17H23N3O/c1-4-18-17-15(9-7-11-19-17)13-20(2)12-14-8-5-6-10-16(14)21-3/h5-11H,4,12-13H2,1-3H3,(H,18,19). The molecule has 0 spiro atoms. The van der Waals surface area contributed by atoms with E-state index in [-0.39, 0.29) is 0 Å². The molecule has 0 aliphatic heterocycles. The largest absolute Gasteiger partial charge is 0.496 e. The molecule has 2 aromatic rings. The number of ether oxygens (including phenoxy) is 1. The van der Waals surface area contributed by atoms with Gasteiger partial charge in [-0.3, -0.25) is 4.90 Å². The van der Waals surface area contributed by atoms with Gasteiger partial charge in [-0.05, 0) is 26.1 Å². The Labute approximate surface area is 126 Å². The molecule has 4 nitrogen and oxygen atoms in total. The fourth-order valence-electron chi connectivity index (χ4n) is 2.36. The van der Waals surface area contributed by atoms with E-state index in [0.29, 0.717) is 0 Å². The number of nitrogens with one attached hydrogen (secondary N) is 1. The number of nitrogens with zero attached hydrogens (tertiary/aromatic N) is 2. The Hall–Kier alpha value is -2.07. The third-order valence-corrected chi connectivity index (χ3v) is 3.31. The number of aromatic nitrogens is 1. The first-order valence-corrected chi connectivity index (χ1v) is 7.22. The molecule has 4 heteroatoms. The van der Waals surface area contributed by atoms with Crippen molar-refractivity contribution >= 4 is 5.82 Å². The molecule has 0 radical (unpaired) electrons. The Bertz CT molecular complexity index is 571. The van der Waals surface area contributed by atoms with E-state index in [0.717, 1.165) is 31.2 Å². The van der Waals surface area contributed by atoms with E-state index < -0.39 is 0 Å². The van der Waals surface area contributed by atoms with Crippen molar-refractivity contribution in [3.63, 3.8) is 0 Å². The maximum Gasteiger partial charge on any atom is 0.130 e. The molecule has 0 unspecified atom stereocenters. The van der Waals surface area contributed by atoms with Crippen molar-refractivity contribution in [2.24, 2.45) is 0 Å². The number of hydrogen-bond donors (Lipinski definition) is 1. The second-order valence-corrected chi connectivity index (χ2v) is 5.03. The van der Waals surface area contributed by atoms with Crippen LogP contribution in [0.5, 0.6) is 5.75 Å². The van der Waals surface area contributed by atoms with Crippen LogP contribution in [0.25, 0.3) is 0 Å². The van der Waals surface area contributed by atoms with Crippen molar-refractivity contribution < 1.29 is 4.74 Å². The number of methoxy groups -OCH3 is 1. The molecular weight excluding hydrogens is 262 g/mol. The van der Waals surface area contributed by atoms with Gasteiger partial charge in [-0.25, -0.2) is 4.98 Å². The zero-order valence-corrected chi connectivity index (χ0v) is 13.0. The highest BCUT2D eigenvalue weighted by Gasteiger charge is 2.09. The predicted octanol–water partition coefficient (Wildman–Crippen LogP) is 3.15. The lowest BCUT2D eigenvalue weighted by atomic mass is 10.1. The topological polar surface area (TPSA) is 37.4 Å². The Morgan fingerprint density at radius 2 is 1.81 bits per heavy atom. The molecule has 0 aliphatic rings. The molecule has 0 bridgehead atoms. The lowest BCUT2D eigenvalue weighted by molar-refractivity contribution is 0.310. The van der Waals surface area contributed by atoms with E-state index in [1.807, 2.05) is 30.5 Å². The highest BCUT2D eigenvalue weighted by molar-refractivity contribution is 5.43. The minimum absolute atomic E-state index is 0.838. The van der Waals surface area contributed by atoms with Crippen molar-refractivity contribution in [1.29, 1.82) is 0 Å². The van der Waals surface area contributed by atoms with Gasteiger partial charge in [0.05, 0.1) is 7.11 Å². The molecule has 112 valence electrons. The van der Waals surface area contributed by atoms with Crippen LogP contribution in [-0.4, -0.2) is 30.6 Å². The Morgan fingerprint density at radius 3 is 2.57 bits per heavy atom. The summed E-state index contributed by atoms with van der Waals surface area (Å²) in [5.74, 6) is 1.90. The highest BCUT2D eigenvalue weighted by atomic mass is 16.5. The van der Waals surface area contributed by atoms with Crippen LogP contribution in [0, 0.1) is 0 Å². The fourth-order valence-corrected chi connectivity index (χ4v) is 2.36. The molecule has 2 rings (SSSR count). The summed E-state index contributed by atoms with van der Waals surface area (Å²) in [5, 5.41) is 3.31. The normalized spacial score (nSPS) is 10.7. The third kappa shape index (κ3) is 4.20. The first kappa shape index (κ1) is 15.3. The van der Waals surface area contributed by atoms with Crippen LogP contribution >= 0.6 is 0 Å². The zero-order valence-electron chi connectivity index (χ0n) is 13.0. The van der Waals surface area contributed by atoms with Gasteiger partial charge in [-0.1, -0.05) is 24.3 Å². The number of pyridine rings is 1. The Kier molecular flexibility index (Phi) is 5.58. The molecule has 0 aliphatic carbocycles. The summed E-state index contributed by atoms with van der Waals surface area (Å²) < 4.78 is 5.41. The fraction of sp³-hybridized carbons (Fsp3) is 0.353. The molecule has 0 saturated carbocycles. The zero-order chi connectivity index (χ0) is 15.1. The summed E-state index contributed by atoms with van der Waals surface area (Å²) >= 11 is 0. The van der Waals surface area contributed by atoms with Crippen LogP contribution in [-0.2, 0) is 13.1 Å². The minimum Gasteiger partial charge on any atom is -0.496 e. The summed E-state index contributed by atoms with van der Waals surface area (Å²) in [6, 6.07) is 12.2. The van der Waals surface area contributed by atoms with Crippen molar-refractivity contribution in [2.45, 2.75) is 20.0 Å². The predicted molar refractivity (Wildman–Crippen MR) is 86.6 cm³/mol. The van der Waals surface area contributed by atoms with Crippen LogP contribution < -0.4 is 10.1 Å². The second kappa shape index (κ2) is 7.64. The molecule has 1 N–H and O–H groups in total.